The molecule has 4 heteroatoms. The second kappa shape index (κ2) is 4.32. The smallest absolute Gasteiger partial charge is 0.0950 e. The molecule has 0 N–H and O–H groups in total. The summed E-state index contributed by atoms with van der Waals surface area (Å²) in [6, 6.07) is 0. The van der Waals surface area contributed by atoms with Crippen molar-refractivity contribution in [2.45, 2.75) is 44.4 Å². The summed E-state index contributed by atoms with van der Waals surface area (Å²) >= 11 is 5.67. The lowest BCUT2D eigenvalue weighted by atomic mass is 10.2. The van der Waals surface area contributed by atoms with Gasteiger partial charge < -0.3 is 9.30 Å². The van der Waals surface area contributed by atoms with Gasteiger partial charge in [0.1, 0.15) is 0 Å². The highest BCUT2D eigenvalue weighted by Gasteiger charge is 2.21. The minimum absolute atomic E-state index is 0.349. The first kappa shape index (κ1) is 9.99. The van der Waals surface area contributed by atoms with Crippen LogP contribution in [0.4, 0.5) is 0 Å². The molecule has 1 fully saturated rings. The van der Waals surface area contributed by atoms with E-state index in [9.17, 15) is 0 Å². The van der Waals surface area contributed by atoms with Crippen LogP contribution < -0.4 is 0 Å². The monoisotopic (exact) mass is 214 g/mol. The van der Waals surface area contributed by atoms with E-state index in [-0.39, 0.29) is 0 Å². The third-order valence-electron chi connectivity index (χ3n) is 2.56. The Hall–Kier alpha value is -0.540. The van der Waals surface area contributed by atoms with E-state index in [2.05, 4.69) is 16.5 Å². The van der Waals surface area contributed by atoms with Crippen LogP contribution in [0.15, 0.2) is 12.5 Å². The molecular weight excluding hydrogens is 200 g/mol. The van der Waals surface area contributed by atoms with Crippen molar-refractivity contribution in [1.29, 1.82) is 0 Å². The van der Waals surface area contributed by atoms with Gasteiger partial charge in [0.15, 0.2) is 0 Å². The maximum Gasteiger partial charge on any atom is 0.0950 e. The van der Waals surface area contributed by atoms with E-state index in [1.165, 1.54) is 6.42 Å². The van der Waals surface area contributed by atoms with E-state index in [1.807, 2.05) is 12.5 Å². The van der Waals surface area contributed by atoms with Crippen LogP contribution in [-0.4, -0.2) is 21.8 Å². The molecule has 0 aliphatic carbocycles. The molecule has 2 atom stereocenters. The van der Waals surface area contributed by atoms with Gasteiger partial charge in [-0.05, 0) is 19.8 Å². The molecule has 14 heavy (non-hydrogen) atoms. The molecule has 0 radical (unpaired) electrons. The molecule has 0 amide bonds. The van der Waals surface area contributed by atoms with Crippen LogP contribution in [0, 0.1) is 0 Å². The maximum atomic E-state index is 5.73. The first-order valence-electron chi connectivity index (χ1n) is 5.00. The molecule has 78 valence electrons. The number of aromatic nitrogens is 2. The Kier molecular flexibility index (Phi) is 3.08. The zero-order chi connectivity index (χ0) is 9.97. The molecule has 0 spiro atoms. The zero-order valence-corrected chi connectivity index (χ0v) is 9.07. The summed E-state index contributed by atoms with van der Waals surface area (Å²) < 4.78 is 7.78. The zero-order valence-electron chi connectivity index (χ0n) is 8.32. The number of nitrogens with zero attached hydrogens (tertiary/aromatic N) is 2. The Morgan fingerprint density at radius 2 is 2.50 bits per heavy atom. The Labute approximate surface area is 89.0 Å². The average Bonchev–Trinajstić information content (AvgIpc) is 2.76. The molecule has 0 saturated carbocycles. The summed E-state index contributed by atoms with van der Waals surface area (Å²) in [7, 11) is 0. The van der Waals surface area contributed by atoms with Gasteiger partial charge in [0, 0.05) is 12.7 Å². The van der Waals surface area contributed by atoms with Crippen LogP contribution in [0.5, 0.6) is 0 Å². The van der Waals surface area contributed by atoms with E-state index in [4.69, 9.17) is 16.3 Å². The Morgan fingerprint density at radius 1 is 1.64 bits per heavy atom. The maximum absolute atomic E-state index is 5.73. The van der Waals surface area contributed by atoms with Crippen LogP contribution in [0.1, 0.15) is 25.5 Å². The quantitative estimate of drug-likeness (QED) is 0.722. The first-order chi connectivity index (χ1) is 6.78. The molecule has 1 aromatic heterocycles. The van der Waals surface area contributed by atoms with Crippen molar-refractivity contribution in [2.24, 2.45) is 0 Å². The summed E-state index contributed by atoms with van der Waals surface area (Å²) in [4.78, 5) is 4.17. The third kappa shape index (κ3) is 2.28. The number of alkyl halides is 1. The van der Waals surface area contributed by atoms with Crippen LogP contribution in [0.25, 0.3) is 0 Å². The van der Waals surface area contributed by atoms with Gasteiger partial charge in [0.05, 0.1) is 30.1 Å². The number of imidazole rings is 1. The second-order valence-corrected chi connectivity index (χ2v) is 4.11. The normalized spacial score (nSPS) is 27.0. The Morgan fingerprint density at radius 3 is 3.07 bits per heavy atom. The van der Waals surface area contributed by atoms with Gasteiger partial charge in [-0.15, -0.1) is 11.6 Å². The first-order valence-corrected chi connectivity index (χ1v) is 5.53. The Balaban J connectivity index is 1.90. The van der Waals surface area contributed by atoms with Crippen molar-refractivity contribution >= 4 is 11.6 Å². The lowest BCUT2D eigenvalue weighted by Crippen LogP contribution is -2.15. The van der Waals surface area contributed by atoms with Gasteiger partial charge in [0.2, 0.25) is 0 Å². The van der Waals surface area contributed by atoms with Gasteiger partial charge in [-0.25, -0.2) is 4.98 Å². The molecule has 1 aliphatic rings. The summed E-state index contributed by atoms with van der Waals surface area (Å²) in [6.45, 7) is 3.02. The molecule has 2 unspecified atom stereocenters. The highest BCUT2D eigenvalue weighted by atomic mass is 35.5. The molecule has 3 nitrogen and oxygen atoms in total. The van der Waals surface area contributed by atoms with Crippen molar-refractivity contribution < 1.29 is 4.74 Å². The number of hydrogen-bond donors (Lipinski definition) is 0. The topological polar surface area (TPSA) is 27.1 Å². The standard InChI is InChI=1S/C10H15ClN2O/c1-8-2-3-10(14-8)6-13-5-9(4-11)12-7-13/h5,7-8,10H,2-4,6H2,1H3. The molecule has 2 rings (SSSR count). The predicted molar refractivity (Wildman–Crippen MR) is 55.4 cm³/mol. The number of hydrogen-bond acceptors (Lipinski definition) is 2. The third-order valence-corrected chi connectivity index (χ3v) is 2.83. The van der Waals surface area contributed by atoms with E-state index >= 15 is 0 Å². The molecule has 2 heterocycles. The molecule has 0 bridgehead atoms. The minimum atomic E-state index is 0.349. The van der Waals surface area contributed by atoms with Gasteiger partial charge in [-0.3, -0.25) is 0 Å². The fraction of sp³-hybridized carbons (Fsp3) is 0.700. The minimum Gasteiger partial charge on any atom is -0.373 e. The highest BCUT2D eigenvalue weighted by molar-refractivity contribution is 6.16. The van der Waals surface area contributed by atoms with E-state index < -0.39 is 0 Å². The molecule has 1 saturated heterocycles. The van der Waals surface area contributed by atoms with Gasteiger partial charge in [-0.1, -0.05) is 0 Å². The molecular formula is C10H15ClN2O. The van der Waals surface area contributed by atoms with Crippen LogP contribution in [0.3, 0.4) is 0 Å². The summed E-state index contributed by atoms with van der Waals surface area (Å²) in [5, 5.41) is 0. The Bertz CT molecular complexity index is 300. The fourth-order valence-corrected chi connectivity index (χ4v) is 1.97. The largest absolute Gasteiger partial charge is 0.373 e. The van der Waals surface area contributed by atoms with Crippen molar-refractivity contribution in [1.82, 2.24) is 9.55 Å². The number of rotatable bonds is 3. The SMILES string of the molecule is CC1CCC(Cn2cnc(CCl)c2)O1. The lowest BCUT2D eigenvalue weighted by molar-refractivity contribution is 0.0458. The van der Waals surface area contributed by atoms with Crippen molar-refractivity contribution in [3.8, 4) is 0 Å². The average molecular weight is 215 g/mol. The van der Waals surface area contributed by atoms with Gasteiger partial charge in [0.25, 0.3) is 0 Å². The van der Waals surface area contributed by atoms with Crippen LogP contribution in [0.2, 0.25) is 0 Å². The second-order valence-electron chi connectivity index (χ2n) is 3.84. The van der Waals surface area contributed by atoms with Gasteiger partial charge >= 0.3 is 0 Å². The molecule has 0 aromatic carbocycles. The van der Waals surface area contributed by atoms with Gasteiger partial charge in [-0.2, -0.15) is 0 Å². The number of halogens is 1. The highest BCUT2D eigenvalue weighted by Crippen LogP contribution is 2.20. The van der Waals surface area contributed by atoms with Crippen LogP contribution >= 0.6 is 11.6 Å². The summed E-state index contributed by atoms with van der Waals surface area (Å²) in [5.74, 6) is 0.481. The molecule has 1 aromatic rings. The van der Waals surface area contributed by atoms with Crippen molar-refractivity contribution in [3.63, 3.8) is 0 Å². The molecule has 1 aliphatic heterocycles. The lowest BCUT2D eigenvalue weighted by Gasteiger charge is -2.10. The van der Waals surface area contributed by atoms with Crippen LogP contribution in [-0.2, 0) is 17.2 Å². The van der Waals surface area contributed by atoms with E-state index in [1.54, 1.807) is 0 Å². The van der Waals surface area contributed by atoms with E-state index in [0.29, 0.717) is 18.1 Å². The van der Waals surface area contributed by atoms with Crippen molar-refractivity contribution in [2.75, 3.05) is 0 Å². The summed E-state index contributed by atoms with van der Waals surface area (Å²) in [6.07, 6.45) is 6.89. The summed E-state index contributed by atoms with van der Waals surface area (Å²) in [5.41, 5.74) is 0.928. The fourth-order valence-electron chi connectivity index (χ4n) is 1.83. The van der Waals surface area contributed by atoms with E-state index in [0.717, 1.165) is 18.7 Å². The predicted octanol–water partition coefficient (Wildman–Crippen LogP) is 2.19. The van der Waals surface area contributed by atoms with Crippen molar-refractivity contribution in [3.05, 3.63) is 18.2 Å². The number of ether oxygens (including phenoxy) is 1.